The van der Waals surface area contributed by atoms with Crippen LogP contribution in [-0.2, 0) is 0 Å². The van der Waals surface area contributed by atoms with E-state index in [-0.39, 0.29) is 5.91 Å². The summed E-state index contributed by atoms with van der Waals surface area (Å²) >= 11 is 3.40. The van der Waals surface area contributed by atoms with Gasteiger partial charge in [-0.05, 0) is 30.2 Å². The molecule has 0 saturated carbocycles. The fourth-order valence-electron chi connectivity index (χ4n) is 1.50. The lowest BCUT2D eigenvalue weighted by Crippen LogP contribution is -2.17. The molecule has 0 aliphatic carbocycles. The molecular formula is C15H13BrN2O. The lowest BCUT2D eigenvalue weighted by Gasteiger charge is -2.02. The van der Waals surface area contributed by atoms with E-state index in [1.165, 1.54) is 0 Å². The maximum atomic E-state index is 11.9. The molecule has 0 heterocycles. The zero-order chi connectivity index (χ0) is 13.7. The summed E-state index contributed by atoms with van der Waals surface area (Å²) in [7, 11) is 0. The number of aryl methyl sites for hydroxylation is 1. The highest BCUT2D eigenvalue weighted by atomic mass is 79.9. The van der Waals surface area contributed by atoms with Crippen LogP contribution in [0.5, 0.6) is 0 Å². The van der Waals surface area contributed by atoms with Crippen LogP contribution in [0.2, 0.25) is 0 Å². The largest absolute Gasteiger partial charge is 0.271 e. The summed E-state index contributed by atoms with van der Waals surface area (Å²) in [5, 5.41) is 3.93. The average molecular weight is 317 g/mol. The zero-order valence-electron chi connectivity index (χ0n) is 10.4. The number of nitrogens with zero attached hydrogens (tertiary/aromatic N) is 1. The van der Waals surface area contributed by atoms with E-state index in [0.29, 0.717) is 5.56 Å². The first kappa shape index (κ1) is 13.5. The van der Waals surface area contributed by atoms with Crippen molar-refractivity contribution < 1.29 is 4.79 Å². The van der Waals surface area contributed by atoms with Gasteiger partial charge < -0.3 is 0 Å². The van der Waals surface area contributed by atoms with E-state index in [0.717, 1.165) is 15.6 Å². The van der Waals surface area contributed by atoms with E-state index in [9.17, 15) is 4.79 Å². The third-order valence-corrected chi connectivity index (χ3v) is 3.47. The summed E-state index contributed by atoms with van der Waals surface area (Å²) in [6.45, 7) is 1.97. The van der Waals surface area contributed by atoms with Crippen LogP contribution in [0.3, 0.4) is 0 Å². The third-order valence-electron chi connectivity index (χ3n) is 2.61. The zero-order valence-corrected chi connectivity index (χ0v) is 12.0. The van der Waals surface area contributed by atoms with Crippen molar-refractivity contribution in [3.05, 3.63) is 69.7 Å². The minimum absolute atomic E-state index is 0.229. The Kier molecular flexibility index (Phi) is 4.47. The number of nitrogens with one attached hydrogen (secondary N) is 1. The van der Waals surface area contributed by atoms with Crippen molar-refractivity contribution in [3.8, 4) is 0 Å². The van der Waals surface area contributed by atoms with Crippen molar-refractivity contribution in [2.24, 2.45) is 5.10 Å². The molecule has 1 amide bonds. The van der Waals surface area contributed by atoms with Crippen LogP contribution in [-0.4, -0.2) is 12.1 Å². The van der Waals surface area contributed by atoms with Crippen molar-refractivity contribution in [1.29, 1.82) is 0 Å². The summed E-state index contributed by atoms with van der Waals surface area (Å²) in [5.41, 5.74) is 5.10. The minimum Gasteiger partial charge on any atom is -0.267 e. The van der Waals surface area contributed by atoms with Crippen molar-refractivity contribution in [1.82, 2.24) is 5.43 Å². The Labute approximate surface area is 120 Å². The van der Waals surface area contributed by atoms with E-state index >= 15 is 0 Å². The van der Waals surface area contributed by atoms with Crippen LogP contribution in [0.15, 0.2) is 58.1 Å². The second-order valence-corrected chi connectivity index (χ2v) is 4.93. The van der Waals surface area contributed by atoms with Crippen LogP contribution in [0.25, 0.3) is 0 Å². The number of hydrogen-bond acceptors (Lipinski definition) is 2. The number of carbonyl (C=O) groups excluding carboxylic acids is 1. The summed E-state index contributed by atoms with van der Waals surface area (Å²) in [6, 6.07) is 15.0. The minimum atomic E-state index is -0.229. The molecule has 0 saturated heterocycles. The average Bonchev–Trinajstić information content (AvgIpc) is 2.43. The highest BCUT2D eigenvalue weighted by molar-refractivity contribution is 9.10. The second kappa shape index (κ2) is 6.29. The number of hydrogen-bond donors (Lipinski definition) is 1. The fraction of sp³-hybridized carbons (Fsp3) is 0.0667. The van der Waals surface area contributed by atoms with Crippen molar-refractivity contribution in [2.45, 2.75) is 6.92 Å². The third kappa shape index (κ3) is 3.76. The first-order valence-electron chi connectivity index (χ1n) is 5.81. The molecule has 0 fully saturated rings. The van der Waals surface area contributed by atoms with E-state index < -0.39 is 0 Å². The molecule has 2 aromatic carbocycles. The van der Waals surface area contributed by atoms with Gasteiger partial charge in [0.15, 0.2) is 0 Å². The van der Waals surface area contributed by atoms with E-state index in [4.69, 9.17) is 0 Å². The van der Waals surface area contributed by atoms with Gasteiger partial charge >= 0.3 is 0 Å². The Hall–Kier alpha value is -1.94. The first-order valence-corrected chi connectivity index (χ1v) is 6.61. The van der Waals surface area contributed by atoms with Crippen molar-refractivity contribution >= 4 is 28.1 Å². The lowest BCUT2D eigenvalue weighted by atomic mass is 10.1. The van der Waals surface area contributed by atoms with Gasteiger partial charge in [-0.2, -0.15) is 5.10 Å². The predicted molar refractivity (Wildman–Crippen MR) is 80.4 cm³/mol. The number of rotatable bonds is 3. The van der Waals surface area contributed by atoms with Gasteiger partial charge in [-0.15, -0.1) is 0 Å². The molecule has 0 radical (unpaired) electrons. The van der Waals surface area contributed by atoms with Crippen molar-refractivity contribution in [2.75, 3.05) is 0 Å². The van der Waals surface area contributed by atoms with E-state index in [2.05, 4.69) is 26.5 Å². The van der Waals surface area contributed by atoms with Gasteiger partial charge in [-0.3, -0.25) is 4.79 Å². The Morgan fingerprint density at radius 3 is 2.63 bits per heavy atom. The summed E-state index contributed by atoms with van der Waals surface area (Å²) in [6.07, 6.45) is 1.61. The number of amides is 1. The van der Waals surface area contributed by atoms with Gasteiger partial charge in [0.2, 0.25) is 0 Å². The fourth-order valence-corrected chi connectivity index (χ4v) is 1.88. The molecule has 0 atom stereocenters. The molecular weight excluding hydrogens is 304 g/mol. The molecule has 2 rings (SSSR count). The Morgan fingerprint density at radius 2 is 1.95 bits per heavy atom. The molecule has 0 unspecified atom stereocenters. The highest BCUT2D eigenvalue weighted by Gasteiger charge is 2.05. The van der Waals surface area contributed by atoms with Gasteiger partial charge in [-0.25, -0.2) is 5.43 Å². The standard InChI is InChI=1S/C15H13BrN2O/c1-11-7-8-13(9-14(11)16)15(19)18-17-10-12-5-3-2-4-6-12/h2-10H,1H3,(H,18,19)/b17-10+. The number of hydrazone groups is 1. The molecule has 2 aromatic rings. The van der Waals surface area contributed by atoms with Gasteiger partial charge in [-0.1, -0.05) is 52.3 Å². The molecule has 0 aromatic heterocycles. The second-order valence-electron chi connectivity index (χ2n) is 4.07. The lowest BCUT2D eigenvalue weighted by molar-refractivity contribution is 0.0955. The molecule has 4 heteroatoms. The van der Waals surface area contributed by atoms with E-state index in [1.54, 1.807) is 18.3 Å². The molecule has 0 aliphatic rings. The smallest absolute Gasteiger partial charge is 0.267 e. The molecule has 1 N–H and O–H groups in total. The van der Waals surface area contributed by atoms with Gasteiger partial charge in [0.1, 0.15) is 0 Å². The van der Waals surface area contributed by atoms with Crippen LogP contribution in [0, 0.1) is 6.92 Å². The summed E-state index contributed by atoms with van der Waals surface area (Å²) in [5.74, 6) is -0.229. The topological polar surface area (TPSA) is 41.5 Å². The molecule has 3 nitrogen and oxygen atoms in total. The Bertz CT molecular complexity index is 609. The monoisotopic (exact) mass is 316 g/mol. The van der Waals surface area contributed by atoms with Crippen molar-refractivity contribution in [3.63, 3.8) is 0 Å². The van der Waals surface area contributed by atoms with Crippen LogP contribution < -0.4 is 5.43 Å². The Morgan fingerprint density at radius 1 is 1.21 bits per heavy atom. The first-order chi connectivity index (χ1) is 9.16. The van der Waals surface area contributed by atoms with E-state index in [1.807, 2.05) is 43.3 Å². The van der Waals surface area contributed by atoms with Crippen LogP contribution in [0.1, 0.15) is 21.5 Å². The van der Waals surface area contributed by atoms with Gasteiger partial charge in [0, 0.05) is 10.0 Å². The summed E-state index contributed by atoms with van der Waals surface area (Å²) in [4.78, 5) is 11.9. The van der Waals surface area contributed by atoms with Gasteiger partial charge in [0.05, 0.1) is 6.21 Å². The molecule has 19 heavy (non-hydrogen) atoms. The van der Waals surface area contributed by atoms with Crippen LogP contribution >= 0.6 is 15.9 Å². The normalized spacial score (nSPS) is 10.6. The summed E-state index contributed by atoms with van der Waals surface area (Å²) < 4.78 is 0.909. The molecule has 96 valence electrons. The maximum absolute atomic E-state index is 11.9. The SMILES string of the molecule is Cc1ccc(C(=O)N/N=C/c2ccccc2)cc1Br. The maximum Gasteiger partial charge on any atom is 0.271 e. The number of benzene rings is 2. The molecule has 0 aliphatic heterocycles. The predicted octanol–water partition coefficient (Wildman–Crippen LogP) is 3.52. The quantitative estimate of drug-likeness (QED) is 0.683. The Balaban J connectivity index is 2.01. The number of halogens is 1. The molecule has 0 bridgehead atoms. The molecule has 0 spiro atoms. The number of carbonyl (C=O) groups is 1. The van der Waals surface area contributed by atoms with Gasteiger partial charge in [0.25, 0.3) is 5.91 Å². The van der Waals surface area contributed by atoms with Crippen LogP contribution in [0.4, 0.5) is 0 Å². The highest BCUT2D eigenvalue weighted by Crippen LogP contribution is 2.17.